The van der Waals surface area contributed by atoms with Gasteiger partial charge < -0.3 is 105 Å². The van der Waals surface area contributed by atoms with E-state index >= 15 is 0 Å². The van der Waals surface area contributed by atoms with Crippen LogP contribution < -0.4 is 9.47 Å². The van der Waals surface area contributed by atoms with Crippen LogP contribution in [-0.4, -0.2) is 189 Å². The van der Waals surface area contributed by atoms with Crippen molar-refractivity contribution < 1.29 is 119 Å². The van der Waals surface area contributed by atoms with Crippen molar-refractivity contribution in [2.45, 2.75) is 105 Å². The van der Waals surface area contributed by atoms with Crippen molar-refractivity contribution in [1.82, 2.24) is 0 Å². The Morgan fingerprint density at radius 2 is 1.30 bits per heavy atom. The molecule has 3 fully saturated rings. The fraction of sp³-hybridized carbons (Fsp3) is 0.528. The number of phenolic OH excluding ortho intramolecular Hbond substituents is 4. The Morgan fingerprint density at radius 3 is 1.95 bits per heavy atom. The van der Waals surface area contributed by atoms with Gasteiger partial charge in [-0.2, -0.15) is 0 Å². The number of hydrogen-bond acceptors (Lipinski definition) is 22. The highest BCUT2D eigenvalue weighted by atomic mass is 16.8. The number of aromatic hydroxyl groups is 4. The van der Waals surface area contributed by atoms with Crippen LogP contribution in [0.5, 0.6) is 34.5 Å². The van der Waals surface area contributed by atoms with Crippen LogP contribution in [0.3, 0.4) is 0 Å². The average molecular weight is 860 g/mol. The predicted octanol–water partition coefficient (Wildman–Crippen LogP) is -3.56. The van der Waals surface area contributed by atoms with Crippen LogP contribution in [-0.2, 0) is 33.3 Å². The number of carboxylic acids is 1. The van der Waals surface area contributed by atoms with Crippen molar-refractivity contribution in [3.63, 3.8) is 0 Å². The summed E-state index contributed by atoms with van der Waals surface area (Å²) in [7, 11) is 0. The van der Waals surface area contributed by atoms with E-state index in [0.717, 1.165) is 30.3 Å². The van der Waals surface area contributed by atoms with E-state index in [9.17, 15) is 76.0 Å². The number of fused-ring (bicyclic) bond motifs is 1. The highest BCUT2D eigenvalue weighted by Crippen LogP contribution is 2.45. The lowest BCUT2D eigenvalue weighted by Crippen LogP contribution is -2.64. The Bertz CT molecular complexity index is 2010. The van der Waals surface area contributed by atoms with Gasteiger partial charge in [0, 0.05) is 24.3 Å². The molecule has 4 heterocycles. The smallest absolute Gasteiger partial charge is 0.402 e. The highest BCUT2D eigenvalue weighted by molar-refractivity contribution is 5.90. The summed E-state index contributed by atoms with van der Waals surface area (Å²) in [5, 5.41) is 145. The molecule has 14 N–H and O–H groups in total. The standard InChI is InChI=1S/C36H42O24/c1-10-23(44)27(48)30(51)34(54-10)60-33-29(50)25(46)19(8-37)58-36(33)57-18-6-13-14(38)4-12(5-17(13)56-32(18)11-2-15(39)24(45)16(40)3-11)55-35-31(52)28(49)26(47)20(59-35)9-53-22(43)7-21(41)42/h2-6,10,19-20,23,25-31,33-37,44,46-52H,7-9H2,1H3,(H4-,38,39,40,41,42,45)/p+1/t10-,19+,20+,23-,25+,26+,27+,28-,29-,30+,31+,33+,34-,35+,36+/m0/s1. The van der Waals surface area contributed by atoms with Crippen molar-refractivity contribution in [1.29, 1.82) is 0 Å². The van der Waals surface area contributed by atoms with Gasteiger partial charge in [0.2, 0.25) is 18.3 Å². The Kier molecular flexibility index (Phi) is 13.4. The summed E-state index contributed by atoms with van der Waals surface area (Å²) in [4.78, 5) is 22.6. The molecule has 6 rings (SSSR count). The molecule has 3 aromatic rings. The summed E-state index contributed by atoms with van der Waals surface area (Å²) in [5.41, 5.74) is -0.496. The average Bonchev–Trinajstić information content (AvgIpc) is 3.19. The summed E-state index contributed by atoms with van der Waals surface area (Å²) >= 11 is 0. The van der Waals surface area contributed by atoms with Crippen LogP contribution >= 0.6 is 0 Å². The number of ether oxygens (including phenoxy) is 7. The number of aliphatic hydroxyl groups is 9. The number of benzene rings is 2. The van der Waals surface area contributed by atoms with Gasteiger partial charge in [0.15, 0.2) is 29.6 Å². The molecule has 60 heavy (non-hydrogen) atoms. The van der Waals surface area contributed by atoms with E-state index in [2.05, 4.69) is 0 Å². The van der Waals surface area contributed by atoms with Crippen molar-refractivity contribution >= 4 is 22.9 Å². The minimum absolute atomic E-state index is 0.179. The number of hydrogen-bond donors (Lipinski definition) is 14. The third kappa shape index (κ3) is 9.05. The second-order valence-corrected chi connectivity index (χ2v) is 14.1. The maximum absolute atomic E-state index is 11.8. The van der Waals surface area contributed by atoms with E-state index < -0.39 is 158 Å². The first-order chi connectivity index (χ1) is 28.3. The molecule has 0 spiro atoms. The molecule has 24 nitrogen and oxygen atoms in total. The van der Waals surface area contributed by atoms with Crippen LogP contribution in [0.25, 0.3) is 22.3 Å². The second-order valence-electron chi connectivity index (χ2n) is 14.1. The summed E-state index contributed by atoms with van der Waals surface area (Å²) in [6.45, 7) is -0.291. The largest absolute Gasteiger partial charge is 0.507 e. The molecule has 24 heteroatoms. The molecule has 0 aliphatic carbocycles. The lowest BCUT2D eigenvalue weighted by molar-refractivity contribution is -0.354. The van der Waals surface area contributed by atoms with Crippen molar-refractivity contribution in [2.75, 3.05) is 13.2 Å². The van der Waals surface area contributed by atoms with Gasteiger partial charge in [0.25, 0.3) is 0 Å². The van der Waals surface area contributed by atoms with Gasteiger partial charge in [-0.25, -0.2) is 4.42 Å². The molecule has 0 radical (unpaired) electrons. The van der Waals surface area contributed by atoms with Gasteiger partial charge in [0.1, 0.15) is 91.0 Å². The number of aliphatic carboxylic acids is 1. The summed E-state index contributed by atoms with van der Waals surface area (Å²) < 4.78 is 45.0. The first kappa shape index (κ1) is 44.6. The quantitative estimate of drug-likeness (QED) is 0.0363. The normalized spacial score (nSPS) is 34.5. The Balaban J connectivity index is 1.36. The van der Waals surface area contributed by atoms with E-state index in [4.69, 9.17) is 42.7 Å². The number of esters is 1. The number of carbonyl (C=O) groups excluding carboxylic acids is 1. The zero-order chi connectivity index (χ0) is 43.9. The van der Waals surface area contributed by atoms with Gasteiger partial charge in [-0.05, 0) is 6.92 Å². The van der Waals surface area contributed by atoms with Crippen LogP contribution in [0.2, 0.25) is 0 Å². The zero-order valence-electron chi connectivity index (χ0n) is 31.0. The maximum atomic E-state index is 11.8. The first-order valence-corrected chi connectivity index (χ1v) is 18.1. The second kappa shape index (κ2) is 18.0. The highest BCUT2D eigenvalue weighted by Gasteiger charge is 2.52. The summed E-state index contributed by atoms with van der Waals surface area (Å²) in [6.07, 6.45) is -27.2. The Morgan fingerprint density at radius 1 is 0.683 bits per heavy atom. The SMILES string of the molecule is C[C@@H]1O[C@@H](O[C@H]2[C@H](Oc3cc4c(O)cc(O[C@@H]5O[C@H](COC(=O)CC(=O)O)[C@@H](O)[C@H](O)[C@H]5O)cc4[o+]c3-c3cc(O)c(O)c(O)c3)O[C@H](CO)[C@@H](O)[C@@H]2O)[C@H](O)[C@H](O)[C@H]1O. The number of aliphatic hydroxyl groups excluding tert-OH is 9. The zero-order valence-corrected chi connectivity index (χ0v) is 31.0. The molecule has 3 saturated heterocycles. The van der Waals surface area contributed by atoms with Gasteiger partial charge in [-0.15, -0.1) is 0 Å². The molecule has 2 aromatic carbocycles. The van der Waals surface area contributed by atoms with Crippen molar-refractivity contribution in [2.24, 2.45) is 0 Å². The Hall–Kier alpha value is -4.93. The first-order valence-electron chi connectivity index (χ1n) is 18.1. The fourth-order valence-corrected chi connectivity index (χ4v) is 6.60. The molecule has 0 amide bonds. The molecule has 1 aromatic heterocycles. The molecular weight excluding hydrogens is 816 g/mol. The Labute approximate surface area is 336 Å². The fourth-order valence-electron chi connectivity index (χ4n) is 6.60. The van der Waals surface area contributed by atoms with Gasteiger partial charge >= 0.3 is 23.3 Å². The van der Waals surface area contributed by atoms with Crippen molar-refractivity contribution in [3.8, 4) is 45.8 Å². The van der Waals surface area contributed by atoms with Crippen LogP contribution in [0.4, 0.5) is 0 Å². The monoisotopic (exact) mass is 859 g/mol. The molecule has 0 unspecified atom stereocenters. The molecule has 3 aliphatic heterocycles. The summed E-state index contributed by atoms with van der Waals surface area (Å²) in [6, 6.07) is 5.04. The minimum atomic E-state index is -1.96. The number of carboxylic acid groups (broad SMARTS) is 1. The lowest BCUT2D eigenvalue weighted by Gasteiger charge is -2.45. The molecule has 0 saturated carbocycles. The molecular formula is C36H43O24+. The maximum Gasteiger partial charge on any atom is 0.402 e. The van der Waals surface area contributed by atoms with E-state index in [1.807, 2.05) is 0 Å². The van der Waals surface area contributed by atoms with E-state index in [0.29, 0.717) is 0 Å². The van der Waals surface area contributed by atoms with Crippen LogP contribution in [0.15, 0.2) is 34.7 Å². The topological polar surface area (TPSA) is 393 Å². The number of carbonyl (C=O) groups is 2. The van der Waals surface area contributed by atoms with Crippen LogP contribution in [0.1, 0.15) is 13.3 Å². The summed E-state index contributed by atoms with van der Waals surface area (Å²) in [5.74, 6) is -7.15. The number of rotatable bonds is 12. The molecule has 3 aliphatic rings. The van der Waals surface area contributed by atoms with Gasteiger partial charge in [-0.3, -0.25) is 9.59 Å². The van der Waals surface area contributed by atoms with Crippen molar-refractivity contribution in [3.05, 3.63) is 30.3 Å². The molecule has 330 valence electrons. The third-order valence-corrected chi connectivity index (χ3v) is 9.93. The lowest BCUT2D eigenvalue weighted by atomic mass is 9.97. The van der Waals surface area contributed by atoms with Crippen LogP contribution in [0, 0.1) is 0 Å². The predicted molar refractivity (Wildman–Crippen MR) is 189 cm³/mol. The number of phenols is 4. The molecule has 15 atom stereocenters. The molecule has 0 bridgehead atoms. The third-order valence-electron chi connectivity index (χ3n) is 9.93. The van der Waals surface area contributed by atoms with Gasteiger partial charge in [-0.1, -0.05) is 0 Å². The van der Waals surface area contributed by atoms with Gasteiger partial charge in [0.05, 0.1) is 24.3 Å². The van der Waals surface area contributed by atoms with E-state index in [-0.39, 0.29) is 22.3 Å². The van der Waals surface area contributed by atoms with E-state index in [1.165, 1.54) is 6.92 Å². The minimum Gasteiger partial charge on any atom is -0.507 e. The van der Waals surface area contributed by atoms with E-state index in [1.54, 1.807) is 0 Å².